The average Bonchev–Trinajstić information content (AvgIpc) is 2.56. The van der Waals surface area contributed by atoms with Crippen LogP contribution in [0.25, 0.3) is 0 Å². The number of azo groups is 1. The number of para-hydroxylation sites is 1. The molecule has 7 heteroatoms. The average molecular weight is 325 g/mol. The Balaban J connectivity index is 2.26. The number of hydrogen-bond acceptors (Lipinski definition) is 5. The van der Waals surface area contributed by atoms with Crippen molar-refractivity contribution in [2.75, 3.05) is 5.32 Å². The van der Waals surface area contributed by atoms with Gasteiger partial charge in [-0.15, -0.1) is 10.2 Å². The Labute approximate surface area is 138 Å². The molecule has 0 saturated heterocycles. The molecule has 0 aliphatic rings. The maximum atomic E-state index is 12.2. The second kappa shape index (κ2) is 7.68. The van der Waals surface area contributed by atoms with Gasteiger partial charge in [0.25, 0.3) is 5.91 Å². The van der Waals surface area contributed by atoms with Gasteiger partial charge < -0.3 is 15.5 Å². The monoisotopic (exact) mass is 325 g/mol. The number of aliphatic hydroxyl groups excluding tert-OH is 1. The molecule has 0 spiro atoms. The minimum atomic E-state index is -1.16. The Hall–Kier alpha value is -3.48. The lowest BCUT2D eigenvalue weighted by Crippen LogP contribution is -2.14. The summed E-state index contributed by atoms with van der Waals surface area (Å²) in [5.41, 5.74) is 0.248. The molecule has 24 heavy (non-hydrogen) atoms. The van der Waals surface area contributed by atoms with Gasteiger partial charge in [0, 0.05) is 5.69 Å². The zero-order chi connectivity index (χ0) is 17.5. The van der Waals surface area contributed by atoms with E-state index in [1.807, 2.05) is 0 Å². The molecule has 2 aromatic carbocycles. The van der Waals surface area contributed by atoms with Gasteiger partial charge in [0.1, 0.15) is 11.4 Å². The number of carboxylic acid groups (broad SMARTS) is 1. The highest BCUT2D eigenvalue weighted by atomic mass is 16.4. The number of carbonyl (C=O) groups is 2. The Morgan fingerprint density at radius 1 is 0.958 bits per heavy atom. The topological polar surface area (TPSA) is 111 Å². The third-order valence-corrected chi connectivity index (χ3v) is 2.98. The standard InChI is InChI=1S/C17H15N3O4/c1-11(21)15(16(22)18-12-7-3-2-4-8-12)20-19-14-10-6-5-9-13(14)17(23)24/h2-10,21H,1H3,(H,18,22)(H,23,24)/b15-11+,20-19?. The fraction of sp³-hybridized carbons (Fsp3) is 0.0588. The number of allylic oxidation sites excluding steroid dienone is 1. The third kappa shape index (κ3) is 4.26. The molecule has 0 bridgehead atoms. The molecule has 0 heterocycles. The lowest BCUT2D eigenvalue weighted by atomic mass is 10.2. The van der Waals surface area contributed by atoms with Crippen LogP contribution in [-0.4, -0.2) is 22.1 Å². The van der Waals surface area contributed by atoms with Crippen molar-refractivity contribution in [3.63, 3.8) is 0 Å². The summed E-state index contributed by atoms with van der Waals surface area (Å²) < 4.78 is 0. The zero-order valence-electron chi connectivity index (χ0n) is 12.8. The number of hydrogen-bond donors (Lipinski definition) is 3. The van der Waals surface area contributed by atoms with Crippen molar-refractivity contribution in [3.05, 3.63) is 71.6 Å². The first-order valence-electron chi connectivity index (χ1n) is 6.99. The SMILES string of the molecule is C/C(O)=C(\N=Nc1ccccc1C(=O)O)C(=O)Nc1ccccc1. The molecule has 0 aliphatic heterocycles. The predicted molar refractivity (Wildman–Crippen MR) is 88.3 cm³/mol. The van der Waals surface area contributed by atoms with Crippen molar-refractivity contribution in [3.8, 4) is 0 Å². The van der Waals surface area contributed by atoms with E-state index in [4.69, 9.17) is 5.11 Å². The number of rotatable bonds is 5. The first kappa shape index (κ1) is 16.9. The van der Waals surface area contributed by atoms with Crippen molar-refractivity contribution >= 4 is 23.3 Å². The van der Waals surface area contributed by atoms with Gasteiger partial charge in [0.15, 0.2) is 5.70 Å². The van der Waals surface area contributed by atoms with Gasteiger partial charge in [-0.1, -0.05) is 30.3 Å². The van der Waals surface area contributed by atoms with Crippen molar-refractivity contribution in [2.24, 2.45) is 10.2 Å². The molecule has 0 radical (unpaired) electrons. The quantitative estimate of drug-likeness (QED) is 0.440. The van der Waals surface area contributed by atoms with Crippen molar-refractivity contribution < 1.29 is 19.8 Å². The summed E-state index contributed by atoms with van der Waals surface area (Å²) in [6.45, 7) is 1.29. The highest BCUT2D eigenvalue weighted by Crippen LogP contribution is 2.21. The molecule has 2 rings (SSSR count). The summed E-state index contributed by atoms with van der Waals surface area (Å²) >= 11 is 0. The van der Waals surface area contributed by atoms with Gasteiger partial charge in [-0.05, 0) is 31.2 Å². The van der Waals surface area contributed by atoms with Crippen LogP contribution < -0.4 is 5.32 Å². The molecule has 2 aromatic rings. The van der Waals surface area contributed by atoms with Crippen LogP contribution in [0.5, 0.6) is 0 Å². The van der Waals surface area contributed by atoms with Crippen LogP contribution in [0.2, 0.25) is 0 Å². The van der Waals surface area contributed by atoms with Crippen molar-refractivity contribution in [1.29, 1.82) is 0 Å². The molecule has 0 aromatic heterocycles. The van der Waals surface area contributed by atoms with E-state index in [1.165, 1.54) is 19.1 Å². The van der Waals surface area contributed by atoms with Crippen LogP contribution in [0.4, 0.5) is 11.4 Å². The number of carboxylic acids is 1. The zero-order valence-corrected chi connectivity index (χ0v) is 12.8. The van der Waals surface area contributed by atoms with E-state index in [0.29, 0.717) is 5.69 Å². The van der Waals surface area contributed by atoms with E-state index in [9.17, 15) is 14.7 Å². The van der Waals surface area contributed by atoms with Gasteiger partial charge in [-0.25, -0.2) is 4.79 Å². The van der Waals surface area contributed by atoms with Crippen LogP contribution in [0, 0.1) is 0 Å². The van der Waals surface area contributed by atoms with Crippen LogP contribution >= 0.6 is 0 Å². The summed E-state index contributed by atoms with van der Waals surface area (Å²) in [7, 11) is 0. The number of carbonyl (C=O) groups excluding carboxylic acids is 1. The number of benzene rings is 2. The maximum absolute atomic E-state index is 12.2. The first-order chi connectivity index (χ1) is 11.5. The molecule has 0 unspecified atom stereocenters. The summed E-state index contributed by atoms with van der Waals surface area (Å²) in [4.78, 5) is 23.3. The molecule has 0 atom stereocenters. The van der Waals surface area contributed by atoms with E-state index < -0.39 is 11.9 Å². The van der Waals surface area contributed by atoms with Gasteiger partial charge in [0.05, 0.1) is 5.56 Å². The number of nitrogens with zero attached hydrogens (tertiary/aromatic N) is 2. The molecule has 0 fully saturated rings. The minimum Gasteiger partial charge on any atom is -0.510 e. The highest BCUT2D eigenvalue weighted by Gasteiger charge is 2.14. The number of aliphatic hydroxyl groups is 1. The molecule has 122 valence electrons. The normalized spacial score (nSPS) is 11.9. The van der Waals surface area contributed by atoms with Crippen molar-refractivity contribution in [1.82, 2.24) is 0 Å². The Bertz CT molecular complexity index is 810. The number of amides is 1. The van der Waals surface area contributed by atoms with E-state index in [-0.39, 0.29) is 22.7 Å². The highest BCUT2D eigenvalue weighted by molar-refractivity contribution is 6.03. The largest absolute Gasteiger partial charge is 0.510 e. The second-order valence-electron chi connectivity index (χ2n) is 4.78. The maximum Gasteiger partial charge on any atom is 0.337 e. The number of aromatic carboxylic acids is 1. The molecule has 0 aliphatic carbocycles. The molecular weight excluding hydrogens is 310 g/mol. The molecular formula is C17H15N3O4. The van der Waals surface area contributed by atoms with Crippen molar-refractivity contribution in [2.45, 2.75) is 6.92 Å². The molecule has 3 N–H and O–H groups in total. The summed E-state index contributed by atoms with van der Waals surface area (Å²) in [6.07, 6.45) is 0. The van der Waals surface area contributed by atoms with E-state index >= 15 is 0 Å². The third-order valence-electron chi connectivity index (χ3n) is 2.98. The lowest BCUT2D eigenvalue weighted by Gasteiger charge is -2.05. The molecule has 0 saturated carbocycles. The number of nitrogens with one attached hydrogen (secondary N) is 1. The second-order valence-corrected chi connectivity index (χ2v) is 4.78. The van der Waals surface area contributed by atoms with Gasteiger partial charge in [-0.2, -0.15) is 0 Å². The minimum absolute atomic E-state index is 0.0559. The van der Waals surface area contributed by atoms with E-state index in [1.54, 1.807) is 42.5 Å². The summed E-state index contributed by atoms with van der Waals surface area (Å²) in [6, 6.07) is 14.6. The van der Waals surface area contributed by atoms with E-state index in [2.05, 4.69) is 15.5 Å². The fourth-order valence-electron chi connectivity index (χ4n) is 1.84. The fourth-order valence-corrected chi connectivity index (χ4v) is 1.84. The van der Waals surface area contributed by atoms with Crippen LogP contribution in [0.1, 0.15) is 17.3 Å². The van der Waals surface area contributed by atoms with Gasteiger partial charge in [0.2, 0.25) is 0 Å². The summed E-state index contributed by atoms with van der Waals surface area (Å²) in [5, 5.41) is 28.8. The Kier molecular flexibility index (Phi) is 5.40. The molecule has 7 nitrogen and oxygen atoms in total. The first-order valence-corrected chi connectivity index (χ1v) is 6.99. The number of anilines is 1. The predicted octanol–water partition coefficient (Wildman–Crippen LogP) is 3.90. The van der Waals surface area contributed by atoms with Crippen LogP contribution in [-0.2, 0) is 4.79 Å². The van der Waals surface area contributed by atoms with Gasteiger partial charge in [-0.3, -0.25) is 4.79 Å². The van der Waals surface area contributed by atoms with E-state index in [0.717, 1.165) is 0 Å². The van der Waals surface area contributed by atoms with Crippen LogP contribution in [0.15, 0.2) is 76.3 Å². The molecule has 1 amide bonds. The Morgan fingerprint density at radius 3 is 2.21 bits per heavy atom. The Morgan fingerprint density at radius 2 is 1.58 bits per heavy atom. The smallest absolute Gasteiger partial charge is 0.337 e. The van der Waals surface area contributed by atoms with Gasteiger partial charge >= 0.3 is 5.97 Å². The lowest BCUT2D eigenvalue weighted by molar-refractivity contribution is -0.113. The van der Waals surface area contributed by atoms with Crippen LogP contribution in [0.3, 0.4) is 0 Å². The summed E-state index contributed by atoms with van der Waals surface area (Å²) in [5.74, 6) is -2.15.